The van der Waals surface area contributed by atoms with Crippen LogP contribution in [-0.2, 0) is 10.0 Å². The zero-order valence-corrected chi connectivity index (χ0v) is 8.80. The molecule has 0 aromatic carbocycles. The van der Waals surface area contributed by atoms with Gasteiger partial charge in [0.15, 0.2) is 0 Å². The minimum Gasteiger partial charge on any atom is -0.330 e. The first-order chi connectivity index (χ1) is 7.06. The number of nitrogens with one attached hydrogen (secondary N) is 1. The van der Waals surface area contributed by atoms with E-state index < -0.39 is 15.8 Å². The molecule has 0 unspecified atom stereocenters. The highest BCUT2D eigenvalue weighted by Gasteiger charge is 2.13. The molecule has 1 aromatic heterocycles. The molecule has 0 aliphatic heterocycles. The van der Waals surface area contributed by atoms with Gasteiger partial charge in [0.2, 0.25) is 10.0 Å². The number of halogens is 1. The number of hydrogen-bond acceptors (Lipinski definition) is 4. The zero-order valence-electron chi connectivity index (χ0n) is 7.98. The first-order valence-electron chi connectivity index (χ1n) is 4.36. The van der Waals surface area contributed by atoms with Gasteiger partial charge in [-0.3, -0.25) is 4.98 Å². The van der Waals surface area contributed by atoms with Gasteiger partial charge in [-0.15, -0.1) is 0 Å². The third kappa shape index (κ3) is 3.54. The van der Waals surface area contributed by atoms with Crippen molar-refractivity contribution < 1.29 is 12.8 Å². The minimum atomic E-state index is -3.66. The predicted molar refractivity (Wildman–Crippen MR) is 53.1 cm³/mol. The fourth-order valence-corrected chi connectivity index (χ4v) is 1.98. The standard InChI is InChI=1S/C8H12FN3O2S/c9-7-4-8(6-11-5-7)15(13,14)12-3-1-2-10/h4-6,12H,1-3,10H2. The molecule has 0 aliphatic carbocycles. The average molecular weight is 233 g/mol. The van der Waals surface area contributed by atoms with Crippen LogP contribution in [0.25, 0.3) is 0 Å². The van der Waals surface area contributed by atoms with Crippen LogP contribution >= 0.6 is 0 Å². The Bertz CT molecular complexity index is 422. The minimum absolute atomic E-state index is 0.181. The molecule has 1 heterocycles. The van der Waals surface area contributed by atoms with Crippen LogP contribution in [0.2, 0.25) is 0 Å². The number of nitrogens with zero attached hydrogens (tertiary/aromatic N) is 1. The molecule has 0 spiro atoms. The third-order valence-corrected chi connectivity index (χ3v) is 3.09. The number of sulfonamides is 1. The Labute approximate surface area is 87.6 Å². The SMILES string of the molecule is NCCCNS(=O)(=O)c1cncc(F)c1. The summed E-state index contributed by atoms with van der Waals surface area (Å²) in [7, 11) is -3.66. The zero-order chi connectivity index (χ0) is 11.3. The van der Waals surface area contributed by atoms with Crippen molar-refractivity contribution in [3.63, 3.8) is 0 Å². The predicted octanol–water partition coefficient (Wildman–Crippen LogP) is -0.152. The van der Waals surface area contributed by atoms with Crippen molar-refractivity contribution in [1.29, 1.82) is 0 Å². The molecule has 0 radical (unpaired) electrons. The maximum Gasteiger partial charge on any atom is 0.242 e. The Hall–Kier alpha value is -1.05. The lowest BCUT2D eigenvalue weighted by Gasteiger charge is -2.05. The fraction of sp³-hybridized carbons (Fsp3) is 0.375. The smallest absolute Gasteiger partial charge is 0.242 e. The molecule has 15 heavy (non-hydrogen) atoms. The van der Waals surface area contributed by atoms with Crippen LogP contribution in [0.15, 0.2) is 23.4 Å². The van der Waals surface area contributed by atoms with Crippen molar-refractivity contribution in [2.24, 2.45) is 5.73 Å². The first-order valence-corrected chi connectivity index (χ1v) is 5.85. The summed E-state index contributed by atoms with van der Waals surface area (Å²) in [5, 5.41) is 0. The van der Waals surface area contributed by atoms with E-state index in [1.807, 2.05) is 0 Å². The van der Waals surface area contributed by atoms with Gasteiger partial charge < -0.3 is 5.73 Å². The van der Waals surface area contributed by atoms with Crippen LogP contribution in [0.1, 0.15) is 6.42 Å². The van der Waals surface area contributed by atoms with Crippen molar-refractivity contribution in [3.05, 3.63) is 24.3 Å². The molecule has 0 saturated carbocycles. The summed E-state index contributed by atoms with van der Waals surface area (Å²) >= 11 is 0. The Kier molecular flexibility index (Phi) is 4.13. The van der Waals surface area contributed by atoms with Crippen LogP contribution in [-0.4, -0.2) is 26.5 Å². The Morgan fingerprint density at radius 3 is 2.80 bits per heavy atom. The van der Waals surface area contributed by atoms with E-state index in [0.717, 1.165) is 18.5 Å². The molecule has 0 bridgehead atoms. The van der Waals surface area contributed by atoms with Crippen LogP contribution in [0.3, 0.4) is 0 Å². The fourth-order valence-electron chi connectivity index (χ4n) is 0.931. The molecule has 0 aliphatic rings. The molecule has 7 heteroatoms. The van der Waals surface area contributed by atoms with Gasteiger partial charge in [0, 0.05) is 12.7 Å². The number of aromatic nitrogens is 1. The maximum absolute atomic E-state index is 12.7. The Morgan fingerprint density at radius 2 is 2.20 bits per heavy atom. The van der Waals surface area contributed by atoms with Gasteiger partial charge >= 0.3 is 0 Å². The van der Waals surface area contributed by atoms with Gasteiger partial charge in [-0.2, -0.15) is 0 Å². The van der Waals surface area contributed by atoms with Gasteiger partial charge in [-0.1, -0.05) is 0 Å². The molecular weight excluding hydrogens is 221 g/mol. The van der Waals surface area contributed by atoms with Crippen molar-refractivity contribution in [2.45, 2.75) is 11.3 Å². The average Bonchev–Trinajstić information content (AvgIpc) is 2.18. The van der Waals surface area contributed by atoms with E-state index in [0.29, 0.717) is 13.0 Å². The quantitative estimate of drug-likeness (QED) is 0.692. The van der Waals surface area contributed by atoms with E-state index in [4.69, 9.17) is 5.73 Å². The number of pyridine rings is 1. The van der Waals surface area contributed by atoms with E-state index in [1.54, 1.807) is 0 Å². The van der Waals surface area contributed by atoms with E-state index in [1.165, 1.54) is 0 Å². The molecular formula is C8H12FN3O2S. The van der Waals surface area contributed by atoms with Gasteiger partial charge in [-0.25, -0.2) is 17.5 Å². The summed E-state index contributed by atoms with van der Waals surface area (Å²) in [5.74, 6) is -0.684. The summed E-state index contributed by atoms with van der Waals surface area (Å²) in [5.41, 5.74) is 5.21. The molecule has 3 N–H and O–H groups in total. The van der Waals surface area contributed by atoms with Crippen molar-refractivity contribution in [2.75, 3.05) is 13.1 Å². The van der Waals surface area contributed by atoms with E-state index >= 15 is 0 Å². The third-order valence-electron chi connectivity index (χ3n) is 1.66. The molecule has 0 atom stereocenters. The van der Waals surface area contributed by atoms with E-state index in [9.17, 15) is 12.8 Å². The monoisotopic (exact) mass is 233 g/mol. The largest absolute Gasteiger partial charge is 0.330 e. The second-order valence-corrected chi connectivity index (χ2v) is 4.65. The number of nitrogens with two attached hydrogens (primary N) is 1. The second-order valence-electron chi connectivity index (χ2n) is 2.88. The Balaban J connectivity index is 2.77. The van der Waals surface area contributed by atoms with Gasteiger partial charge in [0.05, 0.1) is 6.20 Å². The number of hydrogen-bond donors (Lipinski definition) is 2. The van der Waals surface area contributed by atoms with Crippen LogP contribution in [0.5, 0.6) is 0 Å². The van der Waals surface area contributed by atoms with E-state index in [-0.39, 0.29) is 11.4 Å². The summed E-state index contributed by atoms with van der Waals surface area (Å²) in [6.45, 7) is 0.624. The first kappa shape index (κ1) is 12.0. The van der Waals surface area contributed by atoms with Crippen LogP contribution in [0, 0.1) is 5.82 Å². The molecule has 84 valence electrons. The van der Waals surface area contributed by atoms with Gasteiger partial charge in [0.25, 0.3) is 0 Å². The lowest BCUT2D eigenvalue weighted by molar-refractivity contribution is 0.574. The summed E-state index contributed by atoms with van der Waals surface area (Å²) in [4.78, 5) is 3.28. The van der Waals surface area contributed by atoms with E-state index in [2.05, 4.69) is 9.71 Å². The highest BCUT2D eigenvalue weighted by atomic mass is 32.2. The second kappa shape index (κ2) is 5.15. The van der Waals surface area contributed by atoms with Crippen molar-refractivity contribution in [1.82, 2.24) is 9.71 Å². The summed E-state index contributed by atoms with van der Waals surface area (Å²) in [6, 6.07) is 0.914. The van der Waals surface area contributed by atoms with Crippen molar-refractivity contribution in [3.8, 4) is 0 Å². The number of rotatable bonds is 5. The summed E-state index contributed by atoms with van der Waals surface area (Å²) < 4.78 is 38.0. The lowest BCUT2D eigenvalue weighted by Crippen LogP contribution is -2.26. The molecule has 5 nitrogen and oxygen atoms in total. The molecule has 0 amide bonds. The highest BCUT2D eigenvalue weighted by molar-refractivity contribution is 7.89. The molecule has 0 fully saturated rings. The van der Waals surface area contributed by atoms with Gasteiger partial charge in [-0.05, 0) is 19.0 Å². The lowest BCUT2D eigenvalue weighted by atomic mass is 10.4. The Morgan fingerprint density at radius 1 is 1.47 bits per heavy atom. The summed E-state index contributed by atoms with van der Waals surface area (Å²) in [6.07, 6.45) is 2.56. The maximum atomic E-state index is 12.7. The van der Waals surface area contributed by atoms with Crippen LogP contribution in [0.4, 0.5) is 4.39 Å². The van der Waals surface area contributed by atoms with Gasteiger partial charge in [0.1, 0.15) is 10.7 Å². The van der Waals surface area contributed by atoms with Crippen LogP contribution < -0.4 is 10.5 Å². The topological polar surface area (TPSA) is 85.1 Å². The normalized spacial score (nSPS) is 11.6. The molecule has 1 rings (SSSR count). The highest BCUT2D eigenvalue weighted by Crippen LogP contribution is 2.07. The van der Waals surface area contributed by atoms with Crippen molar-refractivity contribution >= 4 is 10.0 Å². The molecule has 1 aromatic rings. The molecule has 0 saturated heterocycles.